The van der Waals surface area contributed by atoms with E-state index in [0.717, 1.165) is 16.5 Å². The topological polar surface area (TPSA) is 213 Å². The minimum Gasteiger partial charge on any atom is -0.480 e. The van der Waals surface area contributed by atoms with E-state index in [0.29, 0.717) is 19.4 Å². The largest absolute Gasteiger partial charge is 0.480 e. The van der Waals surface area contributed by atoms with Gasteiger partial charge in [0.2, 0.25) is 17.7 Å². The van der Waals surface area contributed by atoms with Crippen molar-refractivity contribution in [3.8, 4) is 0 Å². The summed E-state index contributed by atoms with van der Waals surface area (Å²) in [6, 6.07) is 2.88. The van der Waals surface area contributed by atoms with Crippen LogP contribution in [0.2, 0.25) is 0 Å². The molecule has 3 amide bonds. The zero-order chi connectivity index (χ0) is 28.4. The highest BCUT2D eigenvalue weighted by molar-refractivity contribution is 5.95. The van der Waals surface area contributed by atoms with Crippen molar-refractivity contribution in [2.24, 2.45) is 17.4 Å². The van der Waals surface area contributed by atoms with E-state index in [4.69, 9.17) is 11.5 Å². The Morgan fingerprint density at radius 3 is 2.18 bits per heavy atom. The maximum atomic E-state index is 13.4. The fourth-order valence-corrected chi connectivity index (χ4v) is 4.02. The summed E-state index contributed by atoms with van der Waals surface area (Å²) in [7, 11) is 0. The molecule has 0 aliphatic carbocycles. The first-order chi connectivity index (χ1) is 18.0. The van der Waals surface area contributed by atoms with Gasteiger partial charge in [-0.15, -0.1) is 0 Å². The number of carboxylic acids is 1. The van der Waals surface area contributed by atoms with Crippen LogP contribution in [-0.4, -0.2) is 75.7 Å². The molecule has 10 N–H and O–H groups in total. The van der Waals surface area contributed by atoms with Gasteiger partial charge in [0.1, 0.15) is 24.2 Å². The quantitative estimate of drug-likeness (QED) is 0.143. The Morgan fingerprint density at radius 1 is 0.947 bits per heavy atom. The van der Waals surface area contributed by atoms with E-state index < -0.39 is 59.9 Å². The van der Waals surface area contributed by atoms with Gasteiger partial charge in [0.15, 0.2) is 0 Å². The number of carbonyl (C=O) groups excluding carboxylic acids is 3. The molecule has 0 bridgehead atoms. The van der Waals surface area contributed by atoms with Crippen LogP contribution in [0.25, 0.3) is 10.9 Å². The molecule has 12 heteroatoms. The van der Waals surface area contributed by atoms with Crippen LogP contribution >= 0.6 is 0 Å². The van der Waals surface area contributed by atoms with Gasteiger partial charge in [0.05, 0.1) is 6.10 Å². The van der Waals surface area contributed by atoms with E-state index in [1.54, 1.807) is 20.0 Å². The average Bonchev–Trinajstić information content (AvgIpc) is 3.27. The van der Waals surface area contributed by atoms with E-state index in [1.165, 1.54) is 6.92 Å². The molecular weight excluding hydrogens is 492 g/mol. The van der Waals surface area contributed by atoms with Gasteiger partial charge in [-0.1, -0.05) is 32.0 Å². The molecule has 1 heterocycles. The van der Waals surface area contributed by atoms with Crippen LogP contribution in [0.3, 0.4) is 0 Å². The van der Waals surface area contributed by atoms with Gasteiger partial charge < -0.3 is 42.6 Å². The molecule has 0 aliphatic heterocycles. The van der Waals surface area contributed by atoms with Gasteiger partial charge in [0.25, 0.3) is 0 Å². The van der Waals surface area contributed by atoms with Gasteiger partial charge >= 0.3 is 5.97 Å². The van der Waals surface area contributed by atoms with E-state index in [1.807, 2.05) is 24.3 Å². The minimum atomic E-state index is -1.24. The van der Waals surface area contributed by atoms with Crippen LogP contribution in [0.5, 0.6) is 0 Å². The number of H-pyrrole nitrogens is 1. The Kier molecular flexibility index (Phi) is 11.7. The number of aromatic amines is 1. The first-order valence-corrected chi connectivity index (χ1v) is 12.8. The Morgan fingerprint density at radius 2 is 1.58 bits per heavy atom. The predicted octanol–water partition coefficient (Wildman–Crippen LogP) is -0.257. The van der Waals surface area contributed by atoms with Crippen molar-refractivity contribution >= 4 is 34.6 Å². The normalized spacial score (nSPS) is 15.3. The number of carbonyl (C=O) groups is 4. The molecule has 0 radical (unpaired) electrons. The van der Waals surface area contributed by atoms with E-state index in [2.05, 4.69) is 20.9 Å². The number of aliphatic hydroxyl groups is 1. The number of fused-ring (bicyclic) bond motifs is 1. The Balaban J connectivity index is 2.32. The van der Waals surface area contributed by atoms with Crippen LogP contribution in [0.1, 0.15) is 45.6 Å². The molecular formula is C26H40N6O6. The summed E-state index contributed by atoms with van der Waals surface area (Å²) in [5.74, 6) is -3.60. The average molecular weight is 533 g/mol. The zero-order valence-corrected chi connectivity index (χ0v) is 22.1. The summed E-state index contributed by atoms with van der Waals surface area (Å²) in [5, 5.41) is 27.9. The highest BCUT2D eigenvalue weighted by atomic mass is 16.4. The standard InChI is InChI=1S/C26H40N6O6/c1-14(2)22(26(37)38)32-24(35)20(12-16-13-29-18-9-5-4-8-17(16)18)31-23(34)19(10-6-7-11-27)30-25(36)21(28)15(3)33/h4-5,8-9,13-15,19-22,29,33H,6-7,10-12,27-28H2,1-3H3,(H,30,36)(H,31,34)(H,32,35)(H,37,38). The van der Waals surface area contributed by atoms with Crippen LogP contribution in [0, 0.1) is 5.92 Å². The fraction of sp³-hybridized carbons (Fsp3) is 0.538. The van der Waals surface area contributed by atoms with E-state index in [9.17, 15) is 29.4 Å². The molecule has 0 saturated carbocycles. The summed E-state index contributed by atoms with van der Waals surface area (Å²) in [4.78, 5) is 54.0. The van der Waals surface area contributed by atoms with E-state index in [-0.39, 0.29) is 12.8 Å². The molecule has 2 aromatic rings. The monoisotopic (exact) mass is 532 g/mol. The van der Waals surface area contributed by atoms with Crippen molar-refractivity contribution in [3.63, 3.8) is 0 Å². The summed E-state index contributed by atoms with van der Waals surface area (Å²) >= 11 is 0. The molecule has 5 atom stereocenters. The molecule has 0 fully saturated rings. The summed E-state index contributed by atoms with van der Waals surface area (Å²) < 4.78 is 0. The Labute approximate surface area is 221 Å². The number of hydrogen-bond donors (Lipinski definition) is 8. The highest BCUT2D eigenvalue weighted by Gasteiger charge is 2.32. The van der Waals surface area contributed by atoms with Gasteiger partial charge in [-0.3, -0.25) is 14.4 Å². The molecule has 2 rings (SSSR count). The van der Waals surface area contributed by atoms with Crippen LogP contribution in [-0.2, 0) is 25.6 Å². The number of para-hydroxylation sites is 1. The van der Waals surface area contributed by atoms with Crippen LogP contribution in [0.15, 0.2) is 30.5 Å². The number of benzene rings is 1. The SMILES string of the molecule is CC(C)C(NC(=O)C(Cc1c[nH]c2ccccc12)NC(=O)C(CCCCN)NC(=O)C(N)C(C)O)C(=O)O. The number of unbranched alkanes of at least 4 members (excludes halogenated alkanes) is 1. The predicted molar refractivity (Wildman–Crippen MR) is 143 cm³/mol. The number of aliphatic carboxylic acids is 1. The lowest BCUT2D eigenvalue weighted by Gasteiger charge is -2.26. The lowest BCUT2D eigenvalue weighted by Crippen LogP contribution is -2.58. The van der Waals surface area contributed by atoms with Gasteiger partial charge in [0, 0.05) is 23.5 Å². The number of amides is 3. The van der Waals surface area contributed by atoms with Crippen molar-refractivity contribution in [2.75, 3.05) is 6.54 Å². The number of carboxylic acid groups (broad SMARTS) is 1. The van der Waals surface area contributed by atoms with Gasteiger partial charge in [-0.05, 0) is 50.3 Å². The molecule has 5 unspecified atom stereocenters. The van der Waals surface area contributed by atoms with Crippen molar-refractivity contribution in [1.29, 1.82) is 0 Å². The number of hydrogen-bond acceptors (Lipinski definition) is 7. The Bertz CT molecular complexity index is 1100. The summed E-state index contributed by atoms with van der Waals surface area (Å²) in [5.41, 5.74) is 12.9. The highest BCUT2D eigenvalue weighted by Crippen LogP contribution is 2.19. The van der Waals surface area contributed by atoms with Crippen LogP contribution < -0.4 is 27.4 Å². The number of nitrogens with two attached hydrogens (primary N) is 2. The van der Waals surface area contributed by atoms with Crippen molar-refractivity contribution in [1.82, 2.24) is 20.9 Å². The Hall–Kier alpha value is -3.48. The van der Waals surface area contributed by atoms with Gasteiger partial charge in [-0.2, -0.15) is 0 Å². The third-order valence-electron chi connectivity index (χ3n) is 6.36. The summed E-state index contributed by atoms with van der Waals surface area (Å²) in [6.07, 6.45) is 2.03. The second-order valence-electron chi connectivity index (χ2n) is 9.81. The maximum Gasteiger partial charge on any atom is 0.326 e. The van der Waals surface area contributed by atoms with Crippen molar-refractivity contribution < 1.29 is 29.4 Å². The second-order valence-corrected chi connectivity index (χ2v) is 9.81. The fourth-order valence-electron chi connectivity index (χ4n) is 4.02. The molecule has 38 heavy (non-hydrogen) atoms. The van der Waals surface area contributed by atoms with Crippen LogP contribution in [0.4, 0.5) is 0 Å². The molecule has 1 aromatic carbocycles. The lowest BCUT2D eigenvalue weighted by atomic mass is 10.0. The number of rotatable bonds is 15. The molecule has 0 saturated heterocycles. The lowest BCUT2D eigenvalue weighted by molar-refractivity contribution is -0.143. The first-order valence-electron chi connectivity index (χ1n) is 12.8. The first kappa shape index (κ1) is 30.7. The van der Waals surface area contributed by atoms with Crippen molar-refractivity contribution in [2.45, 2.75) is 76.7 Å². The molecule has 210 valence electrons. The minimum absolute atomic E-state index is 0.0721. The molecule has 1 aromatic heterocycles. The zero-order valence-electron chi connectivity index (χ0n) is 22.1. The smallest absolute Gasteiger partial charge is 0.326 e. The van der Waals surface area contributed by atoms with Gasteiger partial charge in [-0.25, -0.2) is 4.79 Å². The number of aliphatic hydroxyl groups excluding tert-OH is 1. The molecule has 12 nitrogen and oxygen atoms in total. The second kappa shape index (κ2) is 14.5. The summed E-state index contributed by atoms with van der Waals surface area (Å²) in [6.45, 7) is 5.09. The number of nitrogens with one attached hydrogen (secondary N) is 4. The van der Waals surface area contributed by atoms with E-state index >= 15 is 0 Å². The third-order valence-corrected chi connectivity index (χ3v) is 6.36. The molecule has 0 aliphatic rings. The molecule has 0 spiro atoms. The third kappa shape index (κ3) is 8.54. The maximum absolute atomic E-state index is 13.4. The number of aromatic nitrogens is 1. The van der Waals surface area contributed by atoms with Crippen molar-refractivity contribution in [3.05, 3.63) is 36.0 Å².